The molecule has 7 nitrogen and oxygen atoms in total. The fourth-order valence-corrected chi connectivity index (χ4v) is 3.38. The number of aliphatic hydroxyl groups is 1. The first-order chi connectivity index (χ1) is 13.7. The second kappa shape index (κ2) is 8.07. The Morgan fingerprint density at radius 1 is 1.31 bits per heavy atom. The number of aliphatic hydroxyl groups excluding tert-OH is 1. The van der Waals surface area contributed by atoms with Crippen LogP contribution in [0.2, 0.25) is 5.02 Å². The van der Waals surface area contributed by atoms with Crippen LogP contribution in [0.4, 0.5) is 9.18 Å². The van der Waals surface area contributed by atoms with E-state index >= 15 is 0 Å². The number of carbonyl (C=O) groups excluding carboxylic acids is 2. The van der Waals surface area contributed by atoms with Crippen molar-refractivity contribution in [2.24, 2.45) is 0 Å². The molecule has 3 rings (SSSR count). The van der Waals surface area contributed by atoms with Crippen LogP contribution >= 0.6 is 11.6 Å². The number of nitrogens with zero attached hydrogens (tertiary/aromatic N) is 2. The van der Waals surface area contributed by atoms with Gasteiger partial charge in [0.05, 0.1) is 18.2 Å². The van der Waals surface area contributed by atoms with Crippen molar-refractivity contribution < 1.29 is 23.8 Å². The molecule has 29 heavy (non-hydrogen) atoms. The molecule has 0 saturated carbocycles. The SMILES string of the molecule is CC1(c2ccc(F)cc2Cl)NC(=O)N(CC(O)COc2ccc(C#N)cc2)C1=O. The minimum Gasteiger partial charge on any atom is -0.491 e. The second-order valence-corrected chi connectivity index (χ2v) is 7.10. The molecule has 2 N–H and O–H groups in total. The van der Waals surface area contributed by atoms with Gasteiger partial charge in [0.25, 0.3) is 5.91 Å². The van der Waals surface area contributed by atoms with Crippen LogP contribution < -0.4 is 10.1 Å². The minimum atomic E-state index is -1.48. The summed E-state index contributed by atoms with van der Waals surface area (Å²) in [6.45, 7) is 0.998. The number of ether oxygens (including phenoxy) is 1. The number of nitrogens with one attached hydrogen (secondary N) is 1. The summed E-state index contributed by atoms with van der Waals surface area (Å²) in [4.78, 5) is 26.1. The number of rotatable bonds is 6. The number of carbonyl (C=O) groups is 2. The standard InChI is InChI=1S/C20H17ClFN3O4/c1-20(16-7-4-13(22)8-17(16)21)18(27)25(19(28)24-20)10-14(26)11-29-15-5-2-12(9-23)3-6-15/h2-8,14,26H,10-11H2,1H3,(H,24,28). The van der Waals surface area contributed by atoms with Gasteiger partial charge in [-0.05, 0) is 43.3 Å². The van der Waals surface area contributed by atoms with E-state index < -0.39 is 29.4 Å². The van der Waals surface area contributed by atoms with E-state index in [-0.39, 0.29) is 23.7 Å². The molecule has 1 fully saturated rings. The fourth-order valence-electron chi connectivity index (χ4n) is 3.02. The Labute approximate surface area is 171 Å². The number of hydrogen-bond acceptors (Lipinski definition) is 5. The summed E-state index contributed by atoms with van der Waals surface area (Å²) < 4.78 is 18.7. The molecule has 2 unspecified atom stereocenters. The van der Waals surface area contributed by atoms with E-state index in [9.17, 15) is 19.1 Å². The molecule has 150 valence electrons. The summed E-state index contributed by atoms with van der Waals surface area (Å²) in [5.74, 6) is -0.747. The van der Waals surface area contributed by atoms with Crippen LogP contribution in [0.1, 0.15) is 18.1 Å². The zero-order chi connectivity index (χ0) is 21.2. The second-order valence-electron chi connectivity index (χ2n) is 6.70. The van der Waals surface area contributed by atoms with Gasteiger partial charge >= 0.3 is 6.03 Å². The van der Waals surface area contributed by atoms with Gasteiger partial charge in [-0.25, -0.2) is 9.18 Å². The Kier molecular flexibility index (Phi) is 5.73. The van der Waals surface area contributed by atoms with Gasteiger partial charge in [-0.1, -0.05) is 17.7 Å². The lowest BCUT2D eigenvalue weighted by molar-refractivity contribution is -0.132. The molecule has 1 aliphatic heterocycles. The molecule has 9 heteroatoms. The molecule has 1 aliphatic rings. The van der Waals surface area contributed by atoms with E-state index in [1.54, 1.807) is 24.3 Å². The van der Waals surface area contributed by atoms with Gasteiger partial charge < -0.3 is 15.2 Å². The largest absolute Gasteiger partial charge is 0.491 e. The van der Waals surface area contributed by atoms with E-state index in [1.807, 2.05) is 6.07 Å². The summed E-state index contributed by atoms with van der Waals surface area (Å²) in [6.07, 6.45) is -1.15. The quantitative estimate of drug-likeness (QED) is 0.703. The molecule has 0 radical (unpaired) electrons. The summed E-state index contributed by atoms with van der Waals surface area (Å²) in [5, 5.41) is 21.5. The number of β-amino-alcohol motifs (C(OH)–C–C–N with tert-alkyl or cyclic N) is 1. The fraction of sp³-hybridized carbons (Fsp3) is 0.250. The number of urea groups is 1. The lowest BCUT2D eigenvalue weighted by atomic mass is 9.92. The van der Waals surface area contributed by atoms with Crippen molar-refractivity contribution in [3.63, 3.8) is 0 Å². The summed E-state index contributed by atoms with van der Waals surface area (Å²) >= 11 is 6.05. The van der Waals surface area contributed by atoms with E-state index in [0.717, 1.165) is 17.0 Å². The number of nitriles is 1. The predicted octanol–water partition coefficient (Wildman–Crippen LogP) is 2.56. The first-order valence-corrected chi connectivity index (χ1v) is 9.03. The smallest absolute Gasteiger partial charge is 0.325 e. The molecule has 0 aliphatic carbocycles. The average molecular weight is 418 g/mol. The van der Waals surface area contributed by atoms with E-state index in [4.69, 9.17) is 21.6 Å². The highest BCUT2D eigenvalue weighted by atomic mass is 35.5. The Morgan fingerprint density at radius 2 is 2.00 bits per heavy atom. The van der Waals surface area contributed by atoms with E-state index in [1.165, 1.54) is 13.0 Å². The first-order valence-electron chi connectivity index (χ1n) is 8.65. The minimum absolute atomic E-state index is 0.00713. The molecule has 0 aromatic heterocycles. The Bertz CT molecular complexity index is 992. The number of amides is 3. The van der Waals surface area contributed by atoms with Crippen LogP contribution in [0.5, 0.6) is 5.75 Å². The topological polar surface area (TPSA) is 103 Å². The summed E-state index contributed by atoms with van der Waals surface area (Å²) in [5.41, 5.74) is -0.754. The summed E-state index contributed by atoms with van der Waals surface area (Å²) in [6, 6.07) is 11.1. The Morgan fingerprint density at radius 3 is 2.62 bits per heavy atom. The van der Waals surface area contributed by atoms with Gasteiger partial charge in [0, 0.05) is 10.6 Å². The van der Waals surface area contributed by atoms with Crippen LogP contribution in [0.15, 0.2) is 42.5 Å². The predicted molar refractivity (Wildman–Crippen MR) is 102 cm³/mol. The molecule has 0 spiro atoms. The molecule has 2 aromatic rings. The molecule has 2 aromatic carbocycles. The van der Waals surface area contributed by atoms with Gasteiger partial charge in [-0.2, -0.15) is 5.26 Å². The zero-order valence-electron chi connectivity index (χ0n) is 15.4. The maximum atomic E-state index is 13.3. The molecule has 1 heterocycles. The third kappa shape index (κ3) is 4.16. The van der Waals surface area contributed by atoms with Crippen molar-refractivity contribution in [1.29, 1.82) is 5.26 Å². The van der Waals surface area contributed by atoms with Crippen molar-refractivity contribution in [1.82, 2.24) is 10.2 Å². The van der Waals surface area contributed by atoms with Crippen molar-refractivity contribution in [2.45, 2.75) is 18.6 Å². The molecule has 1 saturated heterocycles. The van der Waals surface area contributed by atoms with Gasteiger partial charge in [0.1, 0.15) is 29.8 Å². The van der Waals surface area contributed by atoms with Crippen LogP contribution in [-0.2, 0) is 10.3 Å². The number of imide groups is 1. The number of hydrogen-bond donors (Lipinski definition) is 2. The monoisotopic (exact) mass is 417 g/mol. The van der Waals surface area contributed by atoms with E-state index in [2.05, 4.69) is 5.32 Å². The third-order valence-electron chi connectivity index (χ3n) is 4.56. The molecular formula is C20H17ClFN3O4. The maximum absolute atomic E-state index is 13.3. The third-order valence-corrected chi connectivity index (χ3v) is 4.88. The van der Waals surface area contributed by atoms with E-state index in [0.29, 0.717) is 11.3 Å². The van der Waals surface area contributed by atoms with Gasteiger partial charge in [0.2, 0.25) is 0 Å². The van der Waals surface area contributed by atoms with Crippen molar-refractivity contribution in [2.75, 3.05) is 13.2 Å². The molecular weight excluding hydrogens is 401 g/mol. The van der Waals surface area contributed by atoms with Crippen LogP contribution in [0.25, 0.3) is 0 Å². The van der Waals surface area contributed by atoms with Crippen molar-refractivity contribution >= 4 is 23.5 Å². The van der Waals surface area contributed by atoms with Crippen LogP contribution in [0.3, 0.4) is 0 Å². The molecule has 3 amide bonds. The highest BCUT2D eigenvalue weighted by Crippen LogP contribution is 2.34. The lowest BCUT2D eigenvalue weighted by Crippen LogP contribution is -2.43. The molecule has 2 atom stereocenters. The summed E-state index contributed by atoms with van der Waals surface area (Å²) in [7, 11) is 0. The number of benzene rings is 2. The highest BCUT2D eigenvalue weighted by Gasteiger charge is 2.50. The van der Waals surface area contributed by atoms with Crippen LogP contribution in [-0.4, -0.2) is 41.2 Å². The average Bonchev–Trinajstić information content (AvgIpc) is 2.90. The zero-order valence-corrected chi connectivity index (χ0v) is 16.1. The Hall–Kier alpha value is -3.15. The van der Waals surface area contributed by atoms with Crippen molar-refractivity contribution in [3.05, 3.63) is 64.4 Å². The normalized spacial score (nSPS) is 19.6. The Balaban J connectivity index is 1.67. The van der Waals surface area contributed by atoms with Gasteiger partial charge in [-0.15, -0.1) is 0 Å². The lowest BCUT2D eigenvalue weighted by Gasteiger charge is -2.24. The van der Waals surface area contributed by atoms with Crippen molar-refractivity contribution in [3.8, 4) is 11.8 Å². The number of halogens is 2. The van der Waals surface area contributed by atoms with Crippen LogP contribution in [0, 0.1) is 17.1 Å². The first kappa shape index (κ1) is 20.6. The molecule has 0 bridgehead atoms. The van der Waals surface area contributed by atoms with Gasteiger partial charge in [0.15, 0.2) is 0 Å². The maximum Gasteiger partial charge on any atom is 0.325 e. The van der Waals surface area contributed by atoms with Gasteiger partial charge in [-0.3, -0.25) is 9.69 Å². The highest BCUT2D eigenvalue weighted by molar-refractivity contribution is 6.32.